The molecule has 0 N–H and O–H groups in total. The van der Waals surface area contributed by atoms with Crippen molar-refractivity contribution < 1.29 is 25.3 Å². The molecule has 0 amide bonds. The molecular weight excluding hydrogens is 431 g/mol. The Balaban J connectivity index is 2.73. The van der Waals surface area contributed by atoms with Crippen LogP contribution in [0.25, 0.3) is 0 Å². The summed E-state index contributed by atoms with van der Waals surface area (Å²) in [4.78, 5) is -0.935. The van der Waals surface area contributed by atoms with Gasteiger partial charge in [-0.15, -0.1) is 0 Å². The highest BCUT2D eigenvalue weighted by molar-refractivity contribution is 8.24. The van der Waals surface area contributed by atoms with Crippen LogP contribution in [0.1, 0.15) is 0 Å². The maximum Gasteiger partial charge on any atom is 0.271 e. The Labute approximate surface area is 156 Å². The second-order valence-corrected chi connectivity index (χ2v) is 13.1. The summed E-state index contributed by atoms with van der Waals surface area (Å²) in [5, 5.41) is 0.436. The van der Waals surface area contributed by atoms with Gasteiger partial charge in [0.25, 0.3) is 3.91 Å². The average molecular weight is 443 g/mol. The first kappa shape index (κ1) is 20.2. The normalized spacial score (nSPS) is 13.1. The highest BCUT2D eigenvalue weighted by Gasteiger charge is 2.47. The molecule has 0 saturated carbocycles. The number of hydrogen-bond donors (Lipinski definition) is 0. The first-order valence-corrected chi connectivity index (χ1v) is 12.3. The van der Waals surface area contributed by atoms with Crippen molar-refractivity contribution in [1.82, 2.24) is 0 Å². The molecule has 0 heterocycles. The highest BCUT2D eigenvalue weighted by atomic mass is 35.5. The van der Waals surface area contributed by atoms with Crippen molar-refractivity contribution in [2.75, 3.05) is 6.26 Å². The SMILES string of the molecule is CS(=O)(=O)C(S(=O)(=O)c1ccc(Cl)cc1)S(=O)(=O)c1ccc(Cl)cc1. The summed E-state index contributed by atoms with van der Waals surface area (Å²) in [6, 6.07) is 9.09. The zero-order valence-corrected chi connectivity index (χ0v) is 16.6. The standard InChI is InChI=1S/C14H12Cl2O6S3/c1-23(17,18)14(24(19,20)12-6-2-10(15)3-7-12)25(21,22)13-8-4-11(16)5-9-13/h2-9,14H,1H3. The van der Waals surface area contributed by atoms with Gasteiger partial charge >= 0.3 is 0 Å². The van der Waals surface area contributed by atoms with E-state index < -0.39 is 43.2 Å². The molecule has 0 saturated heterocycles. The Morgan fingerprint density at radius 2 is 0.920 bits per heavy atom. The van der Waals surface area contributed by atoms with E-state index in [0.29, 0.717) is 6.26 Å². The number of hydrogen-bond acceptors (Lipinski definition) is 6. The van der Waals surface area contributed by atoms with Crippen LogP contribution in [0.15, 0.2) is 58.3 Å². The summed E-state index contributed by atoms with van der Waals surface area (Å²) in [7, 11) is -14.1. The molecule has 6 nitrogen and oxygen atoms in total. The van der Waals surface area contributed by atoms with Crippen molar-refractivity contribution in [1.29, 1.82) is 0 Å². The average Bonchev–Trinajstić information content (AvgIpc) is 2.45. The van der Waals surface area contributed by atoms with Gasteiger partial charge in [0, 0.05) is 16.3 Å². The lowest BCUT2D eigenvalue weighted by Gasteiger charge is -2.17. The summed E-state index contributed by atoms with van der Waals surface area (Å²) >= 11 is 11.4. The van der Waals surface area contributed by atoms with Crippen LogP contribution in [-0.2, 0) is 29.5 Å². The van der Waals surface area contributed by atoms with Gasteiger partial charge in [0.1, 0.15) is 0 Å². The van der Waals surface area contributed by atoms with Crippen LogP contribution in [0.3, 0.4) is 0 Å². The molecule has 0 aliphatic rings. The van der Waals surface area contributed by atoms with E-state index >= 15 is 0 Å². The Hall–Kier alpha value is -1.13. The largest absolute Gasteiger partial charge is 0.271 e. The summed E-state index contributed by atoms with van der Waals surface area (Å²) in [6.45, 7) is 0. The molecule has 11 heteroatoms. The third kappa shape index (κ3) is 4.17. The molecule has 0 fully saturated rings. The second-order valence-electron chi connectivity index (χ2n) is 5.12. The van der Waals surface area contributed by atoms with E-state index in [1.54, 1.807) is 0 Å². The first-order chi connectivity index (χ1) is 11.4. The van der Waals surface area contributed by atoms with E-state index in [4.69, 9.17) is 23.2 Å². The summed E-state index contributed by atoms with van der Waals surface area (Å²) in [5.41, 5.74) is 0. The van der Waals surface area contributed by atoms with E-state index in [1.165, 1.54) is 24.3 Å². The maximum atomic E-state index is 12.7. The minimum Gasteiger partial charge on any atom is -0.227 e. The minimum atomic E-state index is -4.76. The Morgan fingerprint density at radius 3 is 1.16 bits per heavy atom. The van der Waals surface area contributed by atoms with Crippen LogP contribution in [0.2, 0.25) is 10.0 Å². The molecule has 0 aliphatic carbocycles. The monoisotopic (exact) mass is 442 g/mol. The summed E-state index contributed by atoms with van der Waals surface area (Å²) < 4.78 is 72.5. The predicted molar refractivity (Wildman–Crippen MR) is 95.9 cm³/mol. The molecule has 0 aromatic heterocycles. The van der Waals surface area contributed by atoms with Gasteiger partial charge in [-0.3, -0.25) is 0 Å². The quantitative estimate of drug-likeness (QED) is 0.704. The molecule has 25 heavy (non-hydrogen) atoms. The zero-order valence-electron chi connectivity index (χ0n) is 12.6. The Bertz CT molecular complexity index is 1010. The van der Waals surface area contributed by atoms with Gasteiger partial charge in [-0.05, 0) is 48.5 Å². The van der Waals surface area contributed by atoms with Crippen molar-refractivity contribution >= 4 is 52.7 Å². The van der Waals surface area contributed by atoms with E-state index in [9.17, 15) is 25.3 Å². The van der Waals surface area contributed by atoms with Gasteiger partial charge in [0.15, 0.2) is 9.84 Å². The third-order valence-corrected chi connectivity index (χ3v) is 12.4. The lowest BCUT2D eigenvalue weighted by Crippen LogP contribution is -2.37. The zero-order chi connectivity index (χ0) is 19.0. The molecule has 0 unspecified atom stereocenters. The third-order valence-electron chi connectivity index (χ3n) is 3.14. The molecular formula is C14H12Cl2O6S3. The molecule has 2 aromatic carbocycles. The van der Waals surface area contributed by atoms with Gasteiger partial charge in [-0.25, -0.2) is 25.3 Å². The smallest absolute Gasteiger partial charge is 0.227 e. The number of rotatable bonds is 5. The molecule has 0 atom stereocenters. The number of halogens is 2. The fourth-order valence-electron chi connectivity index (χ4n) is 2.10. The molecule has 0 bridgehead atoms. The van der Waals surface area contributed by atoms with E-state index in [1.807, 2.05) is 0 Å². The van der Waals surface area contributed by atoms with Gasteiger partial charge < -0.3 is 0 Å². The first-order valence-electron chi connectivity index (χ1n) is 6.54. The predicted octanol–water partition coefficient (Wildman–Crippen LogP) is 2.57. The molecule has 0 spiro atoms. The summed E-state index contributed by atoms with van der Waals surface area (Å²) in [5.74, 6) is 0. The van der Waals surface area contributed by atoms with Crippen LogP contribution in [0.4, 0.5) is 0 Å². The molecule has 136 valence electrons. The van der Waals surface area contributed by atoms with Crippen LogP contribution in [0.5, 0.6) is 0 Å². The Morgan fingerprint density at radius 1 is 0.640 bits per heavy atom. The molecule has 0 aliphatic heterocycles. The highest BCUT2D eigenvalue weighted by Crippen LogP contribution is 2.30. The second kappa shape index (κ2) is 6.88. The van der Waals surface area contributed by atoms with Gasteiger partial charge in [0.2, 0.25) is 19.7 Å². The van der Waals surface area contributed by atoms with Crippen molar-refractivity contribution in [3.63, 3.8) is 0 Å². The number of sulfone groups is 3. The van der Waals surface area contributed by atoms with Gasteiger partial charge in [0.05, 0.1) is 9.79 Å². The van der Waals surface area contributed by atoms with E-state index in [-0.39, 0.29) is 10.0 Å². The number of benzene rings is 2. The lowest BCUT2D eigenvalue weighted by atomic mass is 10.4. The van der Waals surface area contributed by atoms with Crippen molar-refractivity contribution in [2.24, 2.45) is 0 Å². The van der Waals surface area contributed by atoms with Gasteiger partial charge in [-0.1, -0.05) is 23.2 Å². The van der Waals surface area contributed by atoms with Crippen molar-refractivity contribution in [3.05, 3.63) is 58.6 Å². The van der Waals surface area contributed by atoms with E-state index in [0.717, 1.165) is 24.3 Å². The molecule has 2 aromatic rings. The summed E-state index contributed by atoms with van der Waals surface area (Å²) in [6.07, 6.45) is 0.554. The van der Waals surface area contributed by atoms with Gasteiger partial charge in [-0.2, -0.15) is 0 Å². The van der Waals surface area contributed by atoms with Crippen LogP contribution < -0.4 is 0 Å². The minimum absolute atomic E-state index is 0.218. The lowest BCUT2D eigenvalue weighted by molar-refractivity contribution is 0.575. The van der Waals surface area contributed by atoms with Crippen molar-refractivity contribution in [3.8, 4) is 0 Å². The van der Waals surface area contributed by atoms with E-state index in [2.05, 4.69) is 0 Å². The fraction of sp³-hybridized carbons (Fsp3) is 0.143. The van der Waals surface area contributed by atoms with Crippen LogP contribution in [0, 0.1) is 0 Å². The van der Waals surface area contributed by atoms with Crippen LogP contribution in [-0.4, -0.2) is 35.4 Å². The Kier molecular flexibility index (Phi) is 5.56. The maximum absolute atomic E-state index is 12.7. The topological polar surface area (TPSA) is 102 Å². The fourth-order valence-corrected chi connectivity index (χ4v) is 10.2. The molecule has 0 radical (unpaired) electrons. The van der Waals surface area contributed by atoms with Crippen LogP contribution >= 0.6 is 23.2 Å². The molecule has 2 rings (SSSR count). The van der Waals surface area contributed by atoms with Crippen molar-refractivity contribution in [2.45, 2.75) is 13.7 Å².